The standard InChI is InChI=1S/C108H105N3O2/c1-5-9-13-17-39-64-105(65-40-18-14-10-6-2)87-55-36-33-52-81(87)98-99-84-54-35-38-57-94(84)113-103(99)100-82-61-59-78(70-89(82)106(102(100)101(98)105,66-41-19-15-11-7-3)67-42-20-16-12-8-4)111(104-109-68-43-69-110-104)79-58-60-80-85-72-92-86(73-91(85)108(90(80)71-79,76-48-29-23-30-49-76)77-50-31-24-32-51-77)96-88(62-63-95-97(96)83-53-34-37-56-93(83)112-95)107(92,74-44-25-21-26-45-74)75-46-27-22-28-47-75/h21-38,43-63,68-73H,5-20,39-42,64-67H2,1-4H3. The van der Waals surface area contributed by atoms with Gasteiger partial charge in [-0.05, 0) is 192 Å². The number of hydrogen-bond acceptors (Lipinski definition) is 5. The molecule has 12 aromatic carbocycles. The quantitative estimate of drug-likeness (QED) is 0.0405. The first kappa shape index (κ1) is 72.4. The Kier molecular flexibility index (Phi) is 19.6. The Hall–Kier alpha value is -10.9. The van der Waals surface area contributed by atoms with Crippen molar-refractivity contribution in [3.63, 3.8) is 0 Å². The zero-order valence-corrected chi connectivity index (χ0v) is 66.6. The van der Waals surface area contributed by atoms with Crippen LogP contribution in [-0.2, 0) is 21.7 Å². The van der Waals surface area contributed by atoms with E-state index in [2.05, 4.69) is 287 Å². The maximum Gasteiger partial charge on any atom is 0.234 e. The molecule has 19 rings (SSSR count). The van der Waals surface area contributed by atoms with Crippen molar-refractivity contribution in [1.29, 1.82) is 0 Å². The van der Waals surface area contributed by atoms with Crippen LogP contribution >= 0.6 is 0 Å². The second-order valence-electron chi connectivity index (χ2n) is 33.4. The van der Waals surface area contributed by atoms with Crippen molar-refractivity contribution in [2.24, 2.45) is 0 Å². The Balaban J connectivity index is 0.875. The Labute approximate surface area is 668 Å². The second kappa shape index (κ2) is 30.6. The van der Waals surface area contributed by atoms with Gasteiger partial charge >= 0.3 is 0 Å². The SMILES string of the molecule is CCCCCCCC1(CCCCCCC)c2cc(N(c3ccc4c(c3)C(c3ccccc3)(c3ccccc3)c3cc5c(cc3-4)C(c3ccccc3)(c3ccccc3)c3ccc4oc6ccccc6c4c3-5)c3ncccn3)ccc2-c2c1c1c(c3c2oc2ccccc23)-c2ccccc2C1(CCCCCCC)CCCCCCC. The summed E-state index contributed by atoms with van der Waals surface area (Å²) >= 11 is 0. The van der Waals surface area contributed by atoms with Crippen LogP contribution in [0.15, 0.2) is 282 Å². The number of benzene rings is 12. The van der Waals surface area contributed by atoms with Crippen LogP contribution in [0.5, 0.6) is 0 Å². The lowest BCUT2D eigenvalue weighted by Crippen LogP contribution is -2.33. The predicted molar refractivity (Wildman–Crippen MR) is 472 cm³/mol. The van der Waals surface area contributed by atoms with Crippen molar-refractivity contribution in [1.82, 2.24) is 9.97 Å². The molecule has 0 saturated carbocycles. The molecule has 0 fully saturated rings. The van der Waals surface area contributed by atoms with Crippen LogP contribution < -0.4 is 4.90 Å². The molecule has 0 unspecified atom stereocenters. The molecular weight excluding hydrogens is 1370 g/mol. The monoisotopic (exact) mass is 1480 g/mol. The molecule has 3 aromatic heterocycles. The van der Waals surface area contributed by atoms with E-state index in [1.165, 1.54) is 221 Å². The maximum absolute atomic E-state index is 7.69. The van der Waals surface area contributed by atoms with Crippen LogP contribution in [0.2, 0.25) is 0 Å². The highest BCUT2D eigenvalue weighted by atomic mass is 16.3. The average Bonchev–Trinajstić information content (AvgIpc) is 1.49. The topological polar surface area (TPSA) is 55.3 Å². The van der Waals surface area contributed by atoms with E-state index in [0.717, 1.165) is 83.0 Å². The smallest absolute Gasteiger partial charge is 0.234 e. The van der Waals surface area contributed by atoms with Crippen LogP contribution in [0.4, 0.5) is 17.3 Å². The maximum atomic E-state index is 7.69. The van der Waals surface area contributed by atoms with Gasteiger partial charge in [0.1, 0.15) is 22.3 Å². The van der Waals surface area contributed by atoms with Crippen molar-refractivity contribution >= 4 is 61.2 Å². The summed E-state index contributed by atoms with van der Waals surface area (Å²) in [6.07, 6.45) is 32.9. The first-order chi connectivity index (χ1) is 55.9. The number of hydrogen-bond donors (Lipinski definition) is 0. The summed E-state index contributed by atoms with van der Waals surface area (Å²) in [6.45, 7) is 9.46. The number of aromatic nitrogens is 2. The van der Waals surface area contributed by atoms with Gasteiger partial charge in [0.15, 0.2) is 0 Å². The fourth-order valence-electron chi connectivity index (χ4n) is 22.2. The van der Waals surface area contributed by atoms with Crippen molar-refractivity contribution in [2.75, 3.05) is 4.90 Å². The third-order valence-corrected chi connectivity index (χ3v) is 27.1. The summed E-state index contributed by atoms with van der Waals surface area (Å²) in [7, 11) is 0. The van der Waals surface area contributed by atoms with Gasteiger partial charge in [0.25, 0.3) is 0 Å². The molecule has 4 aliphatic carbocycles. The molecule has 3 heterocycles. The van der Waals surface area contributed by atoms with Gasteiger partial charge < -0.3 is 8.83 Å². The Morgan fingerprint density at radius 2 is 0.699 bits per heavy atom. The lowest BCUT2D eigenvalue weighted by atomic mass is 9.62. The summed E-state index contributed by atoms with van der Waals surface area (Å²) in [5.74, 6) is 0.636. The van der Waals surface area contributed by atoms with Crippen LogP contribution in [0.1, 0.15) is 249 Å². The average molecular weight is 1480 g/mol. The van der Waals surface area contributed by atoms with Gasteiger partial charge in [-0.15, -0.1) is 0 Å². The van der Waals surface area contributed by atoms with E-state index in [-0.39, 0.29) is 10.8 Å². The molecule has 113 heavy (non-hydrogen) atoms. The number of rotatable bonds is 31. The normalized spacial score (nSPS) is 14.6. The molecule has 0 radical (unpaired) electrons. The fraction of sp³-hybridized carbons (Fsp3) is 0.296. The summed E-state index contributed by atoms with van der Waals surface area (Å²) in [4.78, 5) is 13.1. The lowest BCUT2D eigenvalue weighted by Gasteiger charge is -2.40. The largest absolute Gasteiger partial charge is 0.456 e. The highest BCUT2D eigenvalue weighted by Gasteiger charge is 2.56. The Morgan fingerprint density at radius 1 is 0.283 bits per heavy atom. The molecule has 15 aromatic rings. The first-order valence-corrected chi connectivity index (χ1v) is 43.3. The number of fused-ring (bicyclic) bond motifs is 22. The minimum absolute atomic E-state index is 0.189. The van der Waals surface area contributed by atoms with E-state index in [1.54, 1.807) is 16.7 Å². The summed E-state index contributed by atoms with van der Waals surface area (Å²) in [5, 5.41) is 4.80. The summed E-state index contributed by atoms with van der Waals surface area (Å²) < 4.78 is 14.6. The van der Waals surface area contributed by atoms with E-state index in [9.17, 15) is 0 Å². The number of unbranched alkanes of at least 4 members (excludes halogenated alkanes) is 16. The van der Waals surface area contributed by atoms with Gasteiger partial charge in [-0.2, -0.15) is 0 Å². The molecule has 0 N–H and O–H groups in total. The van der Waals surface area contributed by atoms with Crippen LogP contribution in [0, 0.1) is 0 Å². The van der Waals surface area contributed by atoms with Gasteiger partial charge in [0.05, 0.1) is 10.8 Å². The second-order valence-corrected chi connectivity index (χ2v) is 33.4. The first-order valence-electron chi connectivity index (χ1n) is 43.3. The third-order valence-electron chi connectivity index (χ3n) is 27.1. The van der Waals surface area contributed by atoms with E-state index in [4.69, 9.17) is 18.8 Å². The highest BCUT2D eigenvalue weighted by molar-refractivity contribution is 6.21. The zero-order chi connectivity index (χ0) is 76.1. The number of para-hydroxylation sites is 2. The third kappa shape index (κ3) is 11.6. The predicted octanol–water partition coefficient (Wildman–Crippen LogP) is 30.4. The van der Waals surface area contributed by atoms with Crippen molar-refractivity contribution in [2.45, 2.75) is 203 Å². The van der Waals surface area contributed by atoms with Crippen molar-refractivity contribution in [3.05, 3.63) is 340 Å². The fourth-order valence-corrected chi connectivity index (χ4v) is 22.2. The summed E-state index contributed by atoms with van der Waals surface area (Å²) in [5.41, 5.74) is 30.3. The minimum atomic E-state index is -0.808. The van der Waals surface area contributed by atoms with Crippen molar-refractivity contribution in [3.8, 4) is 44.5 Å². The molecule has 0 spiro atoms. The van der Waals surface area contributed by atoms with E-state index in [1.807, 2.05) is 18.5 Å². The lowest BCUT2D eigenvalue weighted by molar-refractivity contribution is 0.369. The summed E-state index contributed by atoms with van der Waals surface area (Å²) in [6, 6.07) is 99.8. The van der Waals surface area contributed by atoms with Crippen LogP contribution in [0.3, 0.4) is 0 Å². The Morgan fingerprint density at radius 3 is 1.25 bits per heavy atom. The molecule has 0 amide bonds. The molecule has 5 nitrogen and oxygen atoms in total. The molecule has 0 bridgehead atoms. The molecule has 4 aliphatic rings. The van der Waals surface area contributed by atoms with E-state index >= 15 is 0 Å². The van der Waals surface area contributed by atoms with E-state index in [0.29, 0.717) is 5.95 Å². The van der Waals surface area contributed by atoms with Crippen LogP contribution in [0.25, 0.3) is 88.4 Å². The van der Waals surface area contributed by atoms with Gasteiger partial charge in [0.2, 0.25) is 5.95 Å². The van der Waals surface area contributed by atoms with Gasteiger partial charge in [-0.1, -0.05) is 356 Å². The zero-order valence-electron chi connectivity index (χ0n) is 66.6. The van der Waals surface area contributed by atoms with Gasteiger partial charge in [-0.25, -0.2) is 9.97 Å². The molecule has 0 saturated heterocycles. The highest BCUT2D eigenvalue weighted by Crippen LogP contribution is 2.69. The Bertz CT molecular complexity index is 5860. The molecule has 564 valence electrons. The minimum Gasteiger partial charge on any atom is -0.456 e. The molecular formula is C108H105N3O2. The van der Waals surface area contributed by atoms with Gasteiger partial charge in [-0.3, -0.25) is 4.90 Å². The molecule has 0 aliphatic heterocycles. The number of furan rings is 2. The molecule has 0 atom stereocenters. The van der Waals surface area contributed by atoms with Crippen LogP contribution in [-0.4, -0.2) is 9.97 Å². The van der Waals surface area contributed by atoms with E-state index < -0.39 is 10.8 Å². The van der Waals surface area contributed by atoms with Crippen molar-refractivity contribution < 1.29 is 8.83 Å². The molecule has 5 heteroatoms. The number of nitrogens with zero attached hydrogens (tertiary/aromatic N) is 3. The van der Waals surface area contributed by atoms with Gasteiger partial charge in [0, 0.05) is 61.7 Å². The number of anilines is 3.